The number of anilines is 3. The zero-order valence-electron chi connectivity index (χ0n) is 16.5. The minimum atomic E-state index is -3.37. The third-order valence-corrected chi connectivity index (χ3v) is 5.02. The van der Waals surface area contributed by atoms with Crippen molar-refractivity contribution in [2.45, 2.75) is 18.2 Å². The first-order valence-electron chi connectivity index (χ1n) is 8.78. The average molecular weight is 407 g/mol. The lowest BCUT2D eigenvalue weighted by Crippen LogP contribution is -2.23. The lowest BCUT2D eigenvalue weighted by atomic mass is 10.2. The van der Waals surface area contributed by atoms with Crippen molar-refractivity contribution < 1.29 is 13.2 Å². The van der Waals surface area contributed by atoms with Crippen LogP contribution < -0.4 is 16.4 Å². The van der Waals surface area contributed by atoms with Crippen molar-refractivity contribution in [3.63, 3.8) is 0 Å². The molecule has 0 fully saturated rings. The van der Waals surface area contributed by atoms with Gasteiger partial charge in [0, 0.05) is 25.0 Å². The quantitative estimate of drug-likeness (QED) is 0.567. The van der Waals surface area contributed by atoms with Crippen LogP contribution >= 0.6 is 0 Å². The van der Waals surface area contributed by atoms with E-state index in [9.17, 15) is 13.2 Å². The summed E-state index contributed by atoms with van der Waals surface area (Å²) in [7, 11) is 0.561. The van der Waals surface area contributed by atoms with E-state index in [0.717, 1.165) is 12.8 Å². The van der Waals surface area contributed by atoms with Crippen LogP contribution in [0.2, 0.25) is 0 Å². The fourth-order valence-corrected chi connectivity index (χ4v) is 3.12. The minimum Gasteiger partial charge on any atom is -0.367 e. The second-order valence-electron chi connectivity index (χ2n) is 6.59. The van der Waals surface area contributed by atoms with E-state index in [4.69, 9.17) is 5.73 Å². The van der Waals surface area contributed by atoms with Crippen molar-refractivity contribution in [2.75, 3.05) is 44.1 Å². The molecule has 0 atom stereocenters. The van der Waals surface area contributed by atoms with Crippen molar-refractivity contribution in [1.82, 2.24) is 14.9 Å². The first-order valence-corrected chi connectivity index (χ1v) is 10.7. The van der Waals surface area contributed by atoms with Gasteiger partial charge in [0.1, 0.15) is 5.82 Å². The maximum atomic E-state index is 11.9. The Balaban J connectivity index is 2.42. The molecule has 0 radical (unpaired) electrons. The number of benzene rings is 1. The van der Waals surface area contributed by atoms with Crippen LogP contribution in [0.3, 0.4) is 0 Å². The molecule has 0 aliphatic carbocycles. The smallest absolute Gasteiger partial charge is 0.271 e. The lowest BCUT2D eigenvalue weighted by molar-refractivity contribution is 0.0996. The number of rotatable bonds is 9. The Morgan fingerprint density at radius 2 is 1.93 bits per heavy atom. The van der Waals surface area contributed by atoms with Crippen LogP contribution in [0.1, 0.15) is 23.1 Å². The second kappa shape index (κ2) is 8.98. The Bertz CT molecular complexity index is 960. The van der Waals surface area contributed by atoms with Gasteiger partial charge in [0.2, 0.25) is 0 Å². The van der Waals surface area contributed by atoms with Gasteiger partial charge in [-0.1, -0.05) is 13.0 Å². The molecule has 28 heavy (non-hydrogen) atoms. The highest BCUT2D eigenvalue weighted by atomic mass is 32.2. The SMILES string of the molecule is CCc1nc(C(N)=O)c(Nc2cccc(S(C)(=O)=O)c2)nc1NCCN(C)C. The van der Waals surface area contributed by atoms with Crippen molar-refractivity contribution >= 4 is 33.1 Å². The van der Waals surface area contributed by atoms with Crippen LogP contribution in [-0.4, -0.2) is 62.6 Å². The van der Waals surface area contributed by atoms with E-state index in [1.165, 1.54) is 12.1 Å². The molecule has 1 aromatic carbocycles. The van der Waals surface area contributed by atoms with Crippen LogP contribution in [0.25, 0.3) is 0 Å². The molecule has 2 rings (SSSR count). The van der Waals surface area contributed by atoms with Gasteiger partial charge < -0.3 is 21.3 Å². The monoisotopic (exact) mass is 406 g/mol. The summed E-state index contributed by atoms with van der Waals surface area (Å²) < 4.78 is 23.6. The Labute approximate surface area is 165 Å². The number of hydrogen-bond donors (Lipinski definition) is 3. The summed E-state index contributed by atoms with van der Waals surface area (Å²) in [5.74, 6) is 0.00244. The predicted octanol–water partition coefficient (Wildman–Crippen LogP) is 1.26. The zero-order chi connectivity index (χ0) is 20.9. The molecule has 1 aromatic heterocycles. The van der Waals surface area contributed by atoms with E-state index >= 15 is 0 Å². The highest BCUT2D eigenvalue weighted by Crippen LogP contribution is 2.24. The van der Waals surface area contributed by atoms with Gasteiger partial charge in [-0.15, -0.1) is 0 Å². The Kier molecular flexibility index (Phi) is 6.92. The third-order valence-electron chi connectivity index (χ3n) is 3.91. The van der Waals surface area contributed by atoms with Crippen molar-refractivity contribution in [3.8, 4) is 0 Å². The highest BCUT2D eigenvalue weighted by molar-refractivity contribution is 7.90. The van der Waals surface area contributed by atoms with E-state index in [0.29, 0.717) is 30.2 Å². The standard InChI is InChI=1S/C18H26N6O3S/c1-5-14-17(20-9-10-24(2)3)23-18(15(22-14)16(19)25)21-12-7-6-8-13(11-12)28(4,26)27/h6-8,11H,5,9-10H2,1-4H3,(H2,19,25)(H2,20,21,23). The maximum Gasteiger partial charge on any atom is 0.271 e. The fourth-order valence-electron chi connectivity index (χ4n) is 2.46. The summed E-state index contributed by atoms with van der Waals surface area (Å²) in [5.41, 5.74) is 6.57. The van der Waals surface area contributed by atoms with Gasteiger partial charge >= 0.3 is 0 Å². The number of amides is 1. The molecule has 1 amide bonds. The number of carbonyl (C=O) groups is 1. The van der Waals surface area contributed by atoms with Crippen LogP contribution in [0.5, 0.6) is 0 Å². The van der Waals surface area contributed by atoms with Crippen LogP contribution in [0, 0.1) is 0 Å². The second-order valence-corrected chi connectivity index (χ2v) is 8.60. The summed E-state index contributed by atoms with van der Waals surface area (Å²) in [6.45, 7) is 3.35. The number of nitrogens with one attached hydrogen (secondary N) is 2. The molecule has 0 aliphatic heterocycles. The Morgan fingerprint density at radius 3 is 2.50 bits per heavy atom. The molecule has 10 heteroatoms. The normalized spacial score (nSPS) is 11.5. The van der Waals surface area contributed by atoms with Gasteiger partial charge in [0.15, 0.2) is 21.3 Å². The topological polar surface area (TPSA) is 130 Å². The van der Waals surface area contributed by atoms with Crippen LogP contribution in [0.15, 0.2) is 29.2 Å². The lowest BCUT2D eigenvalue weighted by Gasteiger charge is -2.16. The number of carbonyl (C=O) groups excluding carboxylic acids is 1. The molecule has 0 bridgehead atoms. The Morgan fingerprint density at radius 1 is 1.21 bits per heavy atom. The maximum absolute atomic E-state index is 11.9. The van der Waals surface area contributed by atoms with Gasteiger partial charge in [-0.25, -0.2) is 18.4 Å². The number of primary amides is 1. The summed E-state index contributed by atoms with van der Waals surface area (Å²) in [6.07, 6.45) is 1.70. The molecular weight excluding hydrogens is 380 g/mol. The summed E-state index contributed by atoms with van der Waals surface area (Å²) in [4.78, 5) is 22.9. The molecular formula is C18H26N6O3S. The van der Waals surface area contributed by atoms with Crippen LogP contribution in [-0.2, 0) is 16.3 Å². The average Bonchev–Trinajstić information content (AvgIpc) is 2.61. The predicted molar refractivity (Wildman–Crippen MR) is 110 cm³/mol. The fraction of sp³-hybridized carbons (Fsp3) is 0.389. The Hall–Kier alpha value is -2.72. The number of hydrogen-bond acceptors (Lipinski definition) is 8. The molecule has 4 N–H and O–H groups in total. The summed E-state index contributed by atoms with van der Waals surface area (Å²) in [6, 6.07) is 6.24. The largest absolute Gasteiger partial charge is 0.367 e. The number of likely N-dealkylation sites (N-methyl/N-ethyl adjacent to an activating group) is 1. The van der Waals surface area contributed by atoms with E-state index in [-0.39, 0.29) is 16.4 Å². The van der Waals surface area contributed by atoms with Crippen molar-refractivity contribution in [2.24, 2.45) is 5.73 Å². The van der Waals surface area contributed by atoms with E-state index in [1.807, 2.05) is 25.9 Å². The number of aromatic nitrogens is 2. The zero-order valence-corrected chi connectivity index (χ0v) is 17.3. The molecule has 2 aromatic rings. The van der Waals surface area contributed by atoms with Crippen LogP contribution in [0.4, 0.5) is 17.3 Å². The first kappa shape index (κ1) is 21.6. The van der Waals surface area contributed by atoms with E-state index in [2.05, 4.69) is 20.6 Å². The summed E-state index contributed by atoms with van der Waals surface area (Å²) >= 11 is 0. The van der Waals surface area contributed by atoms with Gasteiger partial charge in [0.05, 0.1) is 10.6 Å². The number of aryl methyl sites for hydroxylation is 1. The van der Waals surface area contributed by atoms with E-state index < -0.39 is 15.7 Å². The molecule has 0 unspecified atom stereocenters. The molecule has 0 aliphatic rings. The number of sulfone groups is 1. The first-order chi connectivity index (χ1) is 13.1. The molecule has 152 valence electrons. The van der Waals surface area contributed by atoms with Gasteiger partial charge in [-0.2, -0.15) is 0 Å². The number of nitrogens with zero attached hydrogens (tertiary/aromatic N) is 3. The van der Waals surface area contributed by atoms with Crippen molar-refractivity contribution in [1.29, 1.82) is 0 Å². The molecule has 0 spiro atoms. The highest BCUT2D eigenvalue weighted by Gasteiger charge is 2.18. The third kappa shape index (κ3) is 5.64. The summed E-state index contributed by atoms with van der Waals surface area (Å²) in [5, 5.41) is 6.19. The molecule has 9 nitrogen and oxygen atoms in total. The molecule has 0 saturated carbocycles. The molecule has 0 saturated heterocycles. The molecule has 1 heterocycles. The van der Waals surface area contributed by atoms with Crippen molar-refractivity contribution in [3.05, 3.63) is 35.7 Å². The minimum absolute atomic E-state index is 0.000215. The number of nitrogens with two attached hydrogens (primary N) is 1. The van der Waals surface area contributed by atoms with Gasteiger partial charge in [-0.3, -0.25) is 4.79 Å². The van der Waals surface area contributed by atoms with Gasteiger partial charge in [0.25, 0.3) is 5.91 Å². The van der Waals surface area contributed by atoms with E-state index in [1.54, 1.807) is 12.1 Å². The van der Waals surface area contributed by atoms with Gasteiger partial charge in [-0.05, 0) is 38.7 Å².